The highest BCUT2D eigenvalue weighted by molar-refractivity contribution is 5.80. The van der Waals surface area contributed by atoms with Crippen molar-refractivity contribution in [2.45, 2.75) is 26.7 Å². The van der Waals surface area contributed by atoms with E-state index in [0.29, 0.717) is 0 Å². The third-order valence-corrected chi connectivity index (χ3v) is 3.90. The highest BCUT2D eigenvalue weighted by Crippen LogP contribution is 2.56. The maximum absolute atomic E-state index is 13.0. The molecule has 2 N–H and O–H groups in total. The molecule has 0 aromatic rings. The summed E-state index contributed by atoms with van der Waals surface area (Å²) in [5.74, 6) is -3.07. The summed E-state index contributed by atoms with van der Waals surface area (Å²) in [5.41, 5.74) is -2.60. The van der Waals surface area contributed by atoms with Crippen molar-refractivity contribution >= 4 is 11.9 Å². The van der Waals surface area contributed by atoms with Crippen LogP contribution in [-0.2, 0) is 9.59 Å². The number of carboxylic acids is 2. The molecule has 1 fully saturated rings. The molecule has 0 aliphatic heterocycles. The smallest absolute Gasteiger partial charge is 0.312 e. The van der Waals surface area contributed by atoms with Crippen LogP contribution in [0.2, 0.25) is 0 Å². The minimum atomic E-state index is -1.55. The molecule has 1 aliphatic carbocycles. The van der Waals surface area contributed by atoms with Gasteiger partial charge in [-0.25, -0.2) is 4.39 Å². The molecule has 1 saturated carbocycles. The van der Waals surface area contributed by atoms with Gasteiger partial charge in [0.25, 0.3) is 0 Å². The van der Waals surface area contributed by atoms with Crippen LogP contribution in [0.25, 0.3) is 0 Å². The minimum Gasteiger partial charge on any atom is -0.481 e. The van der Waals surface area contributed by atoms with E-state index in [4.69, 9.17) is 10.2 Å². The van der Waals surface area contributed by atoms with Crippen molar-refractivity contribution in [2.75, 3.05) is 6.67 Å². The zero-order valence-corrected chi connectivity index (χ0v) is 8.79. The van der Waals surface area contributed by atoms with Gasteiger partial charge in [0.15, 0.2) is 0 Å². The van der Waals surface area contributed by atoms with Crippen molar-refractivity contribution < 1.29 is 24.2 Å². The van der Waals surface area contributed by atoms with Gasteiger partial charge in [0.1, 0.15) is 12.1 Å². The average molecular weight is 218 g/mol. The first kappa shape index (κ1) is 11.9. The molecule has 0 saturated heterocycles. The number of hydrogen-bond acceptors (Lipinski definition) is 2. The van der Waals surface area contributed by atoms with E-state index in [0.717, 1.165) is 0 Å². The van der Waals surface area contributed by atoms with E-state index in [2.05, 4.69) is 0 Å². The van der Waals surface area contributed by atoms with Gasteiger partial charge in [-0.05, 0) is 18.3 Å². The average Bonchev–Trinajstić information content (AvgIpc) is 2.37. The quantitative estimate of drug-likeness (QED) is 0.753. The molecule has 0 amide bonds. The second-order valence-corrected chi connectivity index (χ2v) is 4.67. The molecule has 0 aromatic heterocycles. The molecule has 86 valence electrons. The topological polar surface area (TPSA) is 74.6 Å². The Bertz CT molecular complexity index is 300. The predicted octanol–water partition coefficient (Wildman–Crippen LogP) is 1.55. The van der Waals surface area contributed by atoms with Crippen molar-refractivity contribution in [1.82, 2.24) is 0 Å². The Morgan fingerprint density at radius 3 is 2.13 bits per heavy atom. The van der Waals surface area contributed by atoms with Crippen molar-refractivity contribution in [3.05, 3.63) is 0 Å². The number of halogens is 1. The summed E-state index contributed by atoms with van der Waals surface area (Å²) < 4.78 is 13.0. The Morgan fingerprint density at radius 1 is 1.40 bits per heavy atom. The molecule has 1 rings (SSSR count). The summed E-state index contributed by atoms with van der Waals surface area (Å²) in [6.07, 6.45) is 0.307. The first-order valence-electron chi connectivity index (χ1n) is 4.82. The number of carbonyl (C=O) groups is 2. The van der Waals surface area contributed by atoms with Gasteiger partial charge in [-0.3, -0.25) is 9.59 Å². The molecule has 15 heavy (non-hydrogen) atoms. The maximum Gasteiger partial charge on any atom is 0.312 e. The summed E-state index contributed by atoms with van der Waals surface area (Å²) in [7, 11) is 0. The second kappa shape index (κ2) is 3.47. The molecule has 2 atom stereocenters. The highest BCUT2D eigenvalue weighted by Gasteiger charge is 2.61. The van der Waals surface area contributed by atoms with Gasteiger partial charge in [0.05, 0.1) is 5.92 Å². The van der Waals surface area contributed by atoms with Gasteiger partial charge >= 0.3 is 11.9 Å². The zero-order chi connectivity index (χ0) is 11.9. The van der Waals surface area contributed by atoms with Crippen LogP contribution in [0.3, 0.4) is 0 Å². The maximum atomic E-state index is 13.0. The van der Waals surface area contributed by atoms with Gasteiger partial charge < -0.3 is 10.2 Å². The molecule has 2 unspecified atom stereocenters. The fraction of sp³-hybridized carbons (Fsp3) is 0.800. The van der Waals surface area contributed by atoms with Gasteiger partial charge in [-0.2, -0.15) is 0 Å². The predicted molar refractivity (Wildman–Crippen MR) is 50.2 cm³/mol. The van der Waals surface area contributed by atoms with Crippen molar-refractivity contribution in [3.8, 4) is 0 Å². The van der Waals surface area contributed by atoms with E-state index in [1.54, 1.807) is 0 Å². The van der Waals surface area contributed by atoms with Crippen LogP contribution in [-0.4, -0.2) is 28.8 Å². The fourth-order valence-corrected chi connectivity index (χ4v) is 2.52. The molecule has 4 nitrogen and oxygen atoms in total. The van der Waals surface area contributed by atoms with Crippen LogP contribution >= 0.6 is 0 Å². The van der Waals surface area contributed by atoms with Crippen LogP contribution in [0.1, 0.15) is 26.7 Å². The van der Waals surface area contributed by atoms with Crippen LogP contribution in [0.15, 0.2) is 0 Å². The van der Waals surface area contributed by atoms with Crippen LogP contribution in [0, 0.1) is 16.7 Å². The van der Waals surface area contributed by atoms with Gasteiger partial charge in [0, 0.05) is 0 Å². The van der Waals surface area contributed by atoms with Crippen molar-refractivity contribution in [2.24, 2.45) is 16.7 Å². The number of rotatable bonds is 3. The van der Waals surface area contributed by atoms with E-state index < -0.39 is 35.4 Å². The Kier molecular flexibility index (Phi) is 2.76. The Hall–Kier alpha value is -1.13. The molecule has 0 heterocycles. The van der Waals surface area contributed by atoms with Crippen molar-refractivity contribution in [3.63, 3.8) is 0 Å². The van der Waals surface area contributed by atoms with Crippen LogP contribution < -0.4 is 0 Å². The summed E-state index contributed by atoms with van der Waals surface area (Å²) in [6, 6.07) is 0. The van der Waals surface area contributed by atoms with Crippen LogP contribution in [0.5, 0.6) is 0 Å². The van der Waals surface area contributed by atoms with E-state index >= 15 is 0 Å². The molecule has 0 spiro atoms. The lowest BCUT2D eigenvalue weighted by Gasteiger charge is -2.37. The Morgan fingerprint density at radius 2 is 1.93 bits per heavy atom. The van der Waals surface area contributed by atoms with E-state index in [1.807, 2.05) is 0 Å². The summed E-state index contributed by atoms with van der Waals surface area (Å²) in [6.45, 7) is 2.03. The second-order valence-electron chi connectivity index (χ2n) is 4.67. The lowest BCUT2D eigenvalue weighted by Crippen LogP contribution is -2.46. The van der Waals surface area contributed by atoms with Gasteiger partial charge in [-0.15, -0.1) is 0 Å². The third-order valence-electron chi connectivity index (χ3n) is 3.90. The van der Waals surface area contributed by atoms with Crippen molar-refractivity contribution in [1.29, 1.82) is 0 Å². The van der Waals surface area contributed by atoms with E-state index in [1.165, 1.54) is 13.8 Å². The molecule has 0 aromatic carbocycles. The standard InChI is InChI=1S/C10H15FO4/c1-9(2)6(7(12)13)3-4-10(9,5-11)8(14)15/h6H,3-5H2,1-2H3,(H,12,13)(H,14,15). The Labute approximate surface area is 87.1 Å². The highest BCUT2D eigenvalue weighted by atomic mass is 19.1. The van der Waals surface area contributed by atoms with Gasteiger partial charge in [-0.1, -0.05) is 13.8 Å². The fourth-order valence-electron chi connectivity index (χ4n) is 2.52. The zero-order valence-electron chi connectivity index (χ0n) is 8.79. The number of aliphatic carboxylic acids is 2. The molecular formula is C10H15FO4. The monoisotopic (exact) mass is 218 g/mol. The SMILES string of the molecule is CC1(C)C(C(=O)O)CCC1(CF)C(=O)O. The number of carboxylic acid groups (broad SMARTS) is 2. The van der Waals surface area contributed by atoms with Gasteiger partial charge in [0.2, 0.25) is 0 Å². The van der Waals surface area contributed by atoms with E-state index in [9.17, 15) is 14.0 Å². The number of hydrogen-bond donors (Lipinski definition) is 2. The largest absolute Gasteiger partial charge is 0.481 e. The number of alkyl halides is 1. The minimum absolute atomic E-state index is 0.0861. The Balaban J connectivity index is 3.15. The molecule has 5 heteroatoms. The molecule has 1 aliphatic rings. The van der Waals surface area contributed by atoms with E-state index in [-0.39, 0.29) is 12.8 Å². The molecule has 0 bridgehead atoms. The normalized spacial score (nSPS) is 33.9. The molecule has 0 radical (unpaired) electrons. The summed E-state index contributed by atoms with van der Waals surface area (Å²) in [5, 5.41) is 18.0. The summed E-state index contributed by atoms with van der Waals surface area (Å²) >= 11 is 0. The third kappa shape index (κ3) is 1.41. The van der Waals surface area contributed by atoms with Crippen LogP contribution in [0.4, 0.5) is 4.39 Å². The lowest BCUT2D eigenvalue weighted by atomic mass is 9.65. The first-order chi connectivity index (χ1) is 6.79. The summed E-state index contributed by atoms with van der Waals surface area (Å²) in [4.78, 5) is 22.0. The molecular weight excluding hydrogens is 203 g/mol. The first-order valence-corrected chi connectivity index (χ1v) is 4.82. The lowest BCUT2D eigenvalue weighted by molar-refractivity contribution is -0.160.